The summed E-state index contributed by atoms with van der Waals surface area (Å²) in [6.45, 7) is 4.40. The van der Waals surface area contributed by atoms with Gasteiger partial charge < -0.3 is 4.90 Å². The van der Waals surface area contributed by atoms with Crippen LogP contribution in [-0.4, -0.2) is 23.9 Å². The minimum absolute atomic E-state index is 0.296. The van der Waals surface area contributed by atoms with Gasteiger partial charge in [0.25, 0.3) is 0 Å². The largest absolute Gasteiger partial charge is 0.343 e. The molecular formula is C16H28N2O. The molecule has 0 bridgehead atoms. The lowest BCUT2D eigenvalue weighted by Crippen LogP contribution is -2.39. The van der Waals surface area contributed by atoms with Gasteiger partial charge >= 0.3 is 0 Å². The summed E-state index contributed by atoms with van der Waals surface area (Å²) in [4.78, 5) is 14.1. The molecule has 0 aromatic heterocycles. The second kappa shape index (κ2) is 8.19. The molecule has 108 valence electrons. The van der Waals surface area contributed by atoms with Crippen LogP contribution in [0.15, 0.2) is 0 Å². The maximum atomic E-state index is 12.1. The zero-order valence-corrected chi connectivity index (χ0v) is 12.7. The van der Waals surface area contributed by atoms with Gasteiger partial charge in [-0.15, -0.1) is 0 Å². The van der Waals surface area contributed by atoms with Gasteiger partial charge in [-0.1, -0.05) is 20.3 Å². The Morgan fingerprint density at radius 2 is 1.95 bits per heavy atom. The van der Waals surface area contributed by atoms with Crippen molar-refractivity contribution in [3.63, 3.8) is 0 Å². The summed E-state index contributed by atoms with van der Waals surface area (Å²) in [5.41, 5.74) is 0. The van der Waals surface area contributed by atoms with Crippen molar-refractivity contribution in [3.05, 3.63) is 0 Å². The van der Waals surface area contributed by atoms with Gasteiger partial charge in [0.15, 0.2) is 0 Å². The molecule has 1 aliphatic rings. The Hall–Kier alpha value is -1.04. The standard InChI is InChI=1S/C16H28N2O/c1-13(2)5-4-6-16(19)18(3)15-9-7-14(8-10-15)11-12-17/h13-15H,4-11H2,1-3H3. The Morgan fingerprint density at radius 1 is 1.32 bits per heavy atom. The van der Waals surface area contributed by atoms with Crippen molar-refractivity contribution in [2.45, 2.75) is 71.3 Å². The van der Waals surface area contributed by atoms with Gasteiger partial charge in [0.1, 0.15) is 0 Å². The topological polar surface area (TPSA) is 44.1 Å². The quantitative estimate of drug-likeness (QED) is 0.733. The van der Waals surface area contributed by atoms with Gasteiger partial charge in [-0.05, 0) is 43.9 Å². The summed E-state index contributed by atoms with van der Waals surface area (Å²) in [7, 11) is 1.95. The second-order valence-electron chi connectivity index (χ2n) is 6.33. The van der Waals surface area contributed by atoms with Crippen molar-refractivity contribution in [3.8, 4) is 6.07 Å². The van der Waals surface area contributed by atoms with Gasteiger partial charge in [0.05, 0.1) is 6.07 Å². The first-order valence-corrected chi connectivity index (χ1v) is 7.67. The van der Waals surface area contributed by atoms with Gasteiger partial charge in [0.2, 0.25) is 5.91 Å². The molecular weight excluding hydrogens is 236 g/mol. The number of hydrogen-bond donors (Lipinski definition) is 0. The Labute approximate surface area is 118 Å². The molecule has 1 fully saturated rings. The van der Waals surface area contributed by atoms with Crippen LogP contribution in [-0.2, 0) is 4.79 Å². The number of hydrogen-bond acceptors (Lipinski definition) is 2. The van der Waals surface area contributed by atoms with Crippen LogP contribution in [0.3, 0.4) is 0 Å². The van der Waals surface area contributed by atoms with Crippen LogP contribution in [0.4, 0.5) is 0 Å². The van der Waals surface area contributed by atoms with Crippen LogP contribution >= 0.6 is 0 Å². The highest BCUT2D eigenvalue weighted by atomic mass is 16.2. The van der Waals surface area contributed by atoms with Gasteiger partial charge in [0, 0.05) is 25.9 Å². The Morgan fingerprint density at radius 3 is 2.47 bits per heavy atom. The third-order valence-electron chi connectivity index (χ3n) is 4.31. The van der Waals surface area contributed by atoms with E-state index in [4.69, 9.17) is 5.26 Å². The number of carbonyl (C=O) groups is 1. The van der Waals surface area contributed by atoms with Crippen molar-refractivity contribution in [2.75, 3.05) is 7.05 Å². The summed E-state index contributed by atoms with van der Waals surface area (Å²) < 4.78 is 0. The molecule has 0 aliphatic heterocycles. The average Bonchev–Trinajstić information content (AvgIpc) is 2.38. The molecule has 0 spiro atoms. The SMILES string of the molecule is CC(C)CCCC(=O)N(C)C1CCC(CC#N)CC1. The van der Waals surface area contributed by atoms with E-state index in [1.807, 2.05) is 11.9 Å². The number of amides is 1. The van der Waals surface area contributed by atoms with Gasteiger partial charge in [-0.3, -0.25) is 4.79 Å². The number of nitrogens with zero attached hydrogens (tertiary/aromatic N) is 2. The molecule has 0 N–H and O–H groups in total. The van der Waals surface area contributed by atoms with E-state index in [0.29, 0.717) is 36.6 Å². The number of nitriles is 1. The first kappa shape index (κ1) is 16.0. The van der Waals surface area contributed by atoms with E-state index in [1.165, 1.54) is 0 Å². The van der Waals surface area contributed by atoms with Crippen molar-refractivity contribution >= 4 is 5.91 Å². The van der Waals surface area contributed by atoms with Gasteiger partial charge in [-0.2, -0.15) is 5.26 Å². The summed E-state index contributed by atoms with van der Waals surface area (Å²) in [6, 6.07) is 2.67. The zero-order chi connectivity index (χ0) is 14.3. The molecule has 1 amide bonds. The third kappa shape index (κ3) is 5.63. The van der Waals surface area contributed by atoms with Gasteiger partial charge in [-0.25, -0.2) is 0 Å². The smallest absolute Gasteiger partial charge is 0.222 e. The Balaban J connectivity index is 2.28. The number of carbonyl (C=O) groups excluding carboxylic acids is 1. The molecule has 0 aromatic rings. The lowest BCUT2D eigenvalue weighted by atomic mass is 9.84. The van der Waals surface area contributed by atoms with E-state index in [2.05, 4.69) is 19.9 Å². The fraction of sp³-hybridized carbons (Fsp3) is 0.875. The van der Waals surface area contributed by atoms with Crippen LogP contribution in [0.1, 0.15) is 65.2 Å². The molecule has 3 nitrogen and oxygen atoms in total. The molecule has 0 aromatic carbocycles. The van der Waals surface area contributed by atoms with Crippen LogP contribution in [0.2, 0.25) is 0 Å². The Kier molecular flexibility index (Phi) is 6.91. The normalized spacial score (nSPS) is 23.1. The Bertz CT molecular complexity index is 311. The van der Waals surface area contributed by atoms with Crippen LogP contribution in [0.25, 0.3) is 0 Å². The van der Waals surface area contributed by atoms with E-state index in [1.54, 1.807) is 0 Å². The molecule has 3 heteroatoms. The van der Waals surface area contributed by atoms with E-state index >= 15 is 0 Å². The van der Waals surface area contributed by atoms with E-state index in [0.717, 1.165) is 38.5 Å². The first-order chi connectivity index (χ1) is 9.04. The van der Waals surface area contributed by atoms with Crippen molar-refractivity contribution in [2.24, 2.45) is 11.8 Å². The van der Waals surface area contributed by atoms with E-state index < -0.39 is 0 Å². The van der Waals surface area contributed by atoms with Crippen LogP contribution in [0, 0.1) is 23.2 Å². The lowest BCUT2D eigenvalue weighted by Gasteiger charge is -2.34. The van der Waals surface area contributed by atoms with Crippen LogP contribution in [0.5, 0.6) is 0 Å². The van der Waals surface area contributed by atoms with Crippen LogP contribution < -0.4 is 0 Å². The molecule has 1 rings (SSSR count). The summed E-state index contributed by atoms with van der Waals surface area (Å²) in [5.74, 6) is 1.54. The molecule has 0 unspecified atom stereocenters. The minimum Gasteiger partial charge on any atom is -0.343 e. The molecule has 0 atom stereocenters. The highest BCUT2D eigenvalue weighted by Crippen LogP contribution is 2.29. The maximum absolute atomic E-state index is 12.1. The van der Waals surface area contributed by atoms with E-state index in [9.17, 15) is 4.79 Å². The van der Waals surface area contributed by atoms with Crippen molar-refractivity contribution < 1.29 is 4.79 Å². The fourth-order valence-electron chi connectivity index (χ4n) is 2.91. The van der Waals surface area contributed by atoms with Crippen molar-refractivity contribution in [1.29, 1.82) is 5.26 Å². The predicted octanol–water partition coefficient (Wildman–Crippen LogP) is 3.74. The lowest BCUT2D eigenvalue weighted by molar-refractivity contribution is -0.132. The monoisotopic (exact) mass is 264 g/mol. The summed E-state index contributed by atoms with van der Waals surface area (Å²) in [5, 5.41) is 8.71. The third-order valence-corrected chi connectivity index (χ3v) is 4.31. The fourth-order valence-corrected chi connectivity index (χ4v) is 2.91. The first-order valence-electron chi connectivity index (χ1n) is 7.67. The zero-order valence-electron chi connectivity index (χ0n) is 12.7. The highest BCUT2D eigenvalue weighted by Gasteiger charge is 2.26. The minimum atomic E-state index is 0.296. The average molecular weight is 264 g/mol. The highest BCUT2D eigenvalue weighted by molar-refractivity contribution is 5.76. The second-order valence-corrected chi connectivity index (χ2v) is 6.33. The molecule has 1 aliphatic carbocycles. The summed E-state index contributed by atoms with van der Waals surface area (Å²) in [6.07, 6.45) is 7.84. The predicted molar refractivity (Wildman–Crippen MR) is 77.4 cm³/mol. The molecule has 0 saturated heterocycles. The van der Waals surface area contributed by atoms with Crippen molar-refractivity contribution in [1.82, 2.24) is 4.90 Å². The molecule has 19 heavy (non-hydrogen) atoms. The summed E-state index contributed by atoms with van der Waals surface area (Å²) >= 11 is 0. The molecule has 1 saturated carbocycles. The maximum Gasteiger partial charge on any atom is 0.222 e. The molecule has 0 radical (unpaired) electrons. The number of rotatable bonds is 6. The molecule has 0 heterocycles. The van der Waals surface area contributed by atoms with E-state index in [-0.39, 0.29) is 0 Å².